The molecule has 0 fully saturated rings. The van der Waals surface area contributed by atoms with Crippen molar-refractivity contribution in [3.8, 4) is 28.7 Å². The lowest BCUT2D eigenvalue weighted by Crippen LogP contribution is -2.27. The molecule has 0 aromatic heterocycles. The van der Waals surface area contributed by atoms with Gasteiger partial charge in [0.1, 0.15) is 22.0 Å². The fourth-order valence-electron chi connectivity index (χ4n) is 3.97. The van der Waals surface area contributed by atoms with Gasteiger partial charge in [0, 0.05) is 6.54 Å². The minimum absolute atomic E-state index is 0.0550. The molecule has 0 saturated heterocycles. The molecule has 0 amide bonds. The molecule has 0 aliphatic rings. The average Bonchev–Trinajstić information content (AvgIpc) is 2.96. The normalized spacial score (nSPS) is 10.8. The third kappa shape index (κ3) is 6.54. The fourth-order valence-corrected chi connectivity index (χ4v) is 5.19. The highest BCUT2D eigenvalue weighted by Gasteiger charge is 2.23. The van der Waals surface area contributed by atoms with Crippen molar-refractivity contribution in [2.24, 2.45) is 0 Å². The largest absolute Gasteiger partial charge is 0.496 e. The number of sulfonamides is 1. The summed E-state index contributed by atoms with van der Waals surface area (Å²) in [7, 11) is 0.000456. The summed E-state index contributed by atoms with van der Waals surface area (Å²) >= 11 is 0. The molecule has 10 nitrogen and oxygen atoms in total. The number of nitrogens with one attached hydrogen (secondary N) is 1. The zero-order chi connectivity index (χ0) is 28.6. The number of hydrogen-bond donors (Lipinski definition) is 1. The van der Waals surface area contributed by atoms with Gasteiger partial charge in [0.25, 0.3) is 0 Å². The van der Waals surface area contributed by atoms with E-state index in [2.05, 4.69) is 4.72 Å². The van der Waals surface area contributed by atoms with Gasteiger partial charge in [-0.2, -0.15) is 5.26 Å². The van der Waals surface area contributed by atoms with Crippen LogP contribution in [0.2, 0.25) is 0 Å². The second-order valence-corrected chi connectivity index (χ2v) is 9.83. The third-order valence-corrected chi connectivity index (χ3v) is 7.30. The zero-order valence-corrected chi connectivity index (χ0v) is 22.8. The number of hydrogen-bond acceptors (Lipinski definition) is 9. The lowest BCUT2D eigenvalue weighted by Gasteiger charge is -2.15. The molecule has 0 atom stereocenters. The summed E-state index contributed by atoms with van der Waals surface area (Å²) in [6, 6.07) is 16.0. The quantitative estimate of drug-likeness (QED) is 0.352. The van der Waals surface area contributed by atoms with E-state index in [0.717, 1.165) is 0 Å². The molecule has 1 N–H and O–H groups in total. The first-order valence-corrected chi connectivity index (χ1v) is 13.3. The number of nitriles is 1. The molecule has 0 bridgehead atoms. The van der Waals surface area contributed by atoms with Crippen LogP contribution in [-0.4, -0.2) is 54.8 Å². The van der Waals surface area contributed by atoms with Crippen LogP contribution in [0.1, 0.15) is 38.8 Å². The van der Waals surface area contributed by atoms with Gasteiger partial charge < -0.3 is 18.9 Å². The molecule has 0 aliphatic heterocycles. The van der Waals surface area contributed by atoms with Crippen LogP contribution < -0.4 is 14.2 Å². The minimum atomic E-state index is -4.03. The molecule has 11 heteroatoms. The van der Waals surface area contributed by atoms with E-state index in [4.69, 9.17) is 24.2 Å². The first-order chi connectivity index (χ1) is 18.7. The number of rotatable bonds is 11. The summed E-state index contributed by atoms with van der Waals surface area (Å²) in [6.07, 6.45) is 0.149. The van der Waals surface area contributed by atoms with Crippen LogP contribution >= 0.6 is 0 Å². The van der Waals surface area contributed by atoms with E-state index in [9.17, 15) is 18.0 Å². The topological polar surface area (TPSA) is 141 Å². The zero-order valence-electron chi connectivity index (χ0n) is 21.9. The van der Waals surface area contributed by atoms with E-state index in [1.54, 1.807) is 43.3 Å². The summed E-state index contributed by atoms with van der Waals surface area (Å²) in [5.41, 5.74) is 2.14. The van der Waals surface area contributed by atoms with Crippen LogP contribution in [0.15, 0.2) is 59.5 Å². The molecule has 0 spiro atoms. The van der Waals surface area contributed by atoms with Gasteiger partial charge in [0.05, 0.1) is 45.1 Å². The molecule has 0 heterocycles. The number of nitrogens with zero attached hydrogens (tertiary/aromatic N) is 1. The van der Waals surface area contributed by atoms with Crippen LogP contribution in [-0.2, 0) is 25.9 Å². The van der Waals surface area contributed by atoms with E-state index in [0.29, 0.717) is 22.4 Å². The Bertz CT molecular complexity index is 1530. The van der Waals surface area contributed by atoms with Gasteiger partial charge in [-0.25, -0.2) is 22.7 Å². The van der Waals surface area contributed by atoms with Gasteiger partial charge in [-0.15, -0.1) is 0 Å². The lowest BCUT2D eigenvalue weighted by atomic mass is 9.94. The second-order valence-electron chi connectivity index (χ2n) is 8.09. The summed E-state index contributed by atoms with van der Waals surface area (Å²) < 4.78 is 49.1. The van der Waals surface area contributed by atoms with Crippen LogP contribution in [0.3, 0.4) is 0 Å². The Morgan fingerprint density at radius 2 is 1.69 bits per heavy atom. The van der Waals surface area contributed by atoms with E-state index in [1.165, 1.54) is 39.5 Å². The summed E-state index contributed by atoms with van der Waals surface area (Å²) in [5.74, 6) is -0.790. The van der Waals surface area contributed by atoms with Crippen molar-refractivity contribution < 1.29 is 37.0 Å². The van der Waals surface area contributed by atoms with Gasteiger partial charge >= 0.3 is 11.9 Å². The number of carbonyl (C=O) groups excluding carboxylic acids is 2. The Labute approximate surface area is 227 Å². The Morgan fingerprint density at radius 3 is 2.33 bits per heavy atom. The van der Waals surface area contributed by atoms with Gasteiger partial charge in [-0.05, 0) is 60.4 Å². The maximum Gasteiger partial charge on any atom is 0.342 e. The highest BCUT2D eigenvalue weighted by atomic mass is 32.2. The summed E-state index contributed by atoms with van der Waals surface area (Å²) in [5, 5.41) is 9.16. The first kappa shape index (κ1) is 29.2. The van der Waals surface area contributed by atoms with Crippen molar-refractivity contribution in [2.75, 3.05) is 34.5 Å². The van der Waals surface area contributed by atoms with Crippen LogP contribution in [0, 0.1) is 11.3 Å². The molecule has 0 radical (unpaired) electrons. The van der Waals surface area contributed by atoms with Crippen molar-refractivity contribution in [2.45, 2.75) is 18.2 Å². The minimum Gasteiger partial charge on any atom is -0.496 e. The fraction of sp³-hybridized carbons (Fsp3) is 0.250. The van der Waals surface area contributed by atoms with Crippen molar-refractivity contribution in [3.63, 3.8) is 0 Å². The highest BCUT2D eigenvalue weighted by Crippen LogP contribution is 2.33. The highest BCUT2D eigenvalue weighted by molar-refractivity contribution is 7.89. The first-order valence-electron chi connectivity index (χ1n) is 11.8. The summed E-state index contributed by atoms with van der Waals surface area (Å²) in [4.78, 5) is 25.2. The van der Waals surface area contributed by atoms with Crippen molar-refractivity contribution >= 4 is 22.0 Å². The van der Waals surface area contributed by atoms with E-state index in [1.807, 2.05) is 6.07 Å². The van der Waals surface area contributed by atoms with Crippen LogP contribution in [0.5, 0.6) is 11.5 Å². The van der Waals surface area contributed by atoms with E-state index >= 15 is 0 Å². The molecule has 0 unspecified atom stereocenters. The van der Waals surface area contributed by atoms with E-state index in [-0.39, 0.29) is 46.9 Å². The molecule has 0 saturated carbocycles. The number of benzene rings is 3. The third-order valence-electron chi connectivity index (χ3n) is 5.82. The molecule has 3 aromatic rings. The Hall–Kier alpha value is -4.40. The number of esters is 2. The van der Waals surface area contributed by atoms with Crippen molar-refractivity contribution in [1.29, 1.82) is 5.26 Å². The Balaban J connectivity index is 1.95. The number of ether oxygens (including phenoxy) is 4. The lowest BCUT2D eigenvalue weighted by molar-refractivity contribution is 0.0524. The predicted octanol–water partition coefficient (Wildman–Crippen LogP) is 3.73. The predicted molar refractivity (Wildman–Crippen MR) is 142 cm³/mol. The average molecular weight is 553 g/mol. The maximum atomic E-state index is 13.0. The molecular formula is C28H28N2O8S. The monoisotopic (exact) mass is 552 g/mol. The van der Waals surface area contributed by atoms with Crippen LogP contribution in [0.25, 0.3) is 11.1 Å². The van der Waals surface area contributed by atoms with Gasteiger partial charge in [-0.3, -0.25) is 0 Å². The summed E-state index contributed by atoms with van der Waals surface area (Å²) in [6.45, 7) is 1.76. The molecule has 39 heavy (non-hydrogen) atoms. The van der Waals surface area contributed by atoms with Crippen LogP contribution in [0.4, 0.5) is 0 Å². The number of methoxy groups -OCH3 is 3. The van der Waals surface area contributed by atoms with Gasteiger partial charge in [0.15, 0.2) is 0 Å². The number of carbonyl (C=O) groups is 2. The van der Waals surface area contributed by atoms with Gasteiger partial charge in [0.2, 0.25) is 10.0 Å². The standard InChI is InChI=1S/C28H28N2O8S/c1-5-38-27(31)22-16-20(21-7-6-8-24(36-3)26(21)28(32)37-4)11-10-19(22)13-14-30-39(33,34)25-15-18(17-29)9-12-23(25)35-2/h6-12,15-16,30H,5,13-14H2,1-4H3. The smallest absolute Gasteiger partial charge is 0.342 e. The molecule has 0 aliphatic carbocycles. The molecule has 3 aromatic carbocycles. The maximum absolute atomic E-state index is 13.0. The second kappa shape index (κ2) is 12.9. The van der Waals surface area contributed by atoms with Gasteiger partial charge in [-0.1, -0.05) is 24.3 Å². The SMILES string of the molecule is CCOC(=O)c1cc(-c2cccc(OC)c2C(=O)OC)ccc1CCNS(=O)(=O)c1cc(C#N)ccc1OC. The Morgan fingerprint density at radius 1 is 0.949 bits per heavy atom. The van der Waals surface area contributed by atoms with Crippen molar-refractivity contribution in [3.05, 3.63) is 76.9 Å². The van der Waals surface area contributed by atoms with Crippen molar-refractivity contribution in [1.82, 2.24) is 4.72 Å². The van der Waals surface area contributed by atoms with E-state index < -0.39 is 22.0 Å². The molecule has 204 valence electrons. The molecular weight excluding hydrogens is 524 g/mol. The molecule has 3 rings (SSSR count). The Kier molecular flexibility index (Phi) is 9.65.